The zero-order valence-corrected chi connectivity index (χ0v) is 49.4. The third-order valence-corrected chi connectivity index (χ3v) is 15.5. The van der Waals surface area contributed by atoms with Gasteiger partial charge >= 0.3 is 5.97 Å². The number of carbonyl (C=O) groups is 2. The second-order valence-electron chi connectivity index (χ2n) is 22.8. The van der Waals surface area contributed by atoms with Gasteiger partial charge in [-0.3, -0.25) is 9.59 Å². The van der Waals surface area contributed by atoms with E-state index in [0.717, 1.165) is 51.4 Å². The van der Waals surface area contributed by atoms with Crippen LogP contribution in [0.2, 0.25) is 0 Å². The molecule has 0 spiro atoms. The van der Waals surface area contributed by atoms with Crippen molar-refractivity contribution in [1.82, 2.24) is 5.32 Å². The highest BCUT2D eigenvalue weighted by Crippen LogP contribution is 2.19. The molecule has 1 amide bonds. The summed E-state index contributed by atoms with van der Waals surface area (Å²) < 4.78 is 5.48. The van der Waals surface area contributed by atoms with Gasteiger partial charge in [0, 0.05) is 12.8 Å². The minimum Gasteiger partial charge on any atom is -0.466 e. The summed E-state index contributed by atoms with van der Waals surface area (Å²) in [4.78, 5) is 24.6. The Morgan fingerprint density at radius 3 is 1.07 bits per heavy atom. The third kappa shape index (κ3) is 59.4. The lowest BCUT2D eigenvalue weighted by Crippen LogP contribution is -2.45. The van der Waals surface area contributed by atoms with Crippen molar-refractivity contribution in [3.8, 4) is 0 Å². The van der Waals surface area contributed by atoms with Crippen LogP contribution < -0.4 is 5.32 Å². The maximum absolute atomic E-state index is 12.5. The van der Waals surface area contributed by atoms with Gasteiger partial charge in [-0.1, -0.05) is 321 Å². The maximum Gasteiger partial charge on any atom is 0.305 e. The summed E-state index contributed by atoms with van der Waals surface area (Å²) in [6.45, 7) is 4.95. The molecule has 0 fully saturated rings. The zero-order chi connectivity index (χ0) is 52.9. The number of rotatable bonds is 62. The first-order valence-electron chi connectivity index (χ1n) is 33.1. The first kappa shape index (κ1) is 71.3. The Kier molecular flexibility index (Phi) is 61.4. The fourth-order valence-corrected chi connectivity index (χ4v) is 10.4. The van der Waals surface area contributed by atoms with E-state index in [1.807, 2.05) is 0 Å². The number of ether oxygens (including phenoxy) is 1. The molecular formula is C67H129NO5. The van der Waals surface area contributed by atoms with Crippen LogP contribution in [0, 0.1) is 0 Å². The van der Waals surface area contributed by atoms with Crippen LogP contribution >= 0.6 is 0 Å². The molecule has 6 heteroatoms. The third-order valence-electron chi connectivity index (χ3n) is 15.5. The Morgan fingerprint density at radius 1 is 0.384 bits per heavy atom. The number of amides is 1. The zero-order valence-electron chi connectivity index (χ0n) is 49.4. The number of aliphatic hydroxyl groups excluding tert-OH is 2. The predicted molar refractivity (Wildman–Crippen MR) is 320 cm³/mol. The van der Waals surface area contributed by atoms with Gasteiger partial charge < -0.3 is 20.3 Å². The number of hydrogen-bond acceptors (Lipinski definition) is 5. The SMILES string of the molecule is CCCCC/C=C\C/C=C\CCCCCCCC(=O)OCCCCCCCCCCCCCCCCCCCCCCC(=O)NC(CO)C(O)CCCCCCCCCCCCCCCCCCCCCCC. The number of esters is 1. The smallest absolute Gasteiger partial charge is 0.305 e. The molecule has 432 valence electrons. The molecule has 0 saturated heterocycles. The lowest BCUT2D eigenvalue weighted by Gasteiger charge is -2.22. The molecule has 73 heavy (non-hydrogen) atoms. The van der Waals surface area contributed by atoms with Crippen molar-refractivity contribution in [2.75, 3.05) is 13.2 Å². The fourth-order valence-electron chi connectivity index (χ4n) is 10.4. The van der Waals surface area contributed by atoms with Gasteiger partial charge in [-0.25, -0.2) is 0 Å². The minimum atomic E-state index is -0.667. The second kappa shape index (κ2) is 62.9. The molecule has 0 aliphatic rings. The second-order valence-corrected chi connectivity index (χ2v) is 22.8. The lowest BCUT2D eigenvalue weighted by atomic mass is 10.0. The Labute approximate surface area is 456 Å². The molecule has 0 aromatic carbocycles. The van der Waals surface area contributed by atoms with Crippen LogP contribution in [-0.4, -0.2) is 47.4 Å². The van der Waals surface area contributed by atoms with Gasteiger partial charge in [-0.2, -0.15) is 0 Å². The van der Waals surface area contributed by atoms with Gasteiger partial charge in [0.05, 0.1) is 25.4 Å². The van der Waals surface area contributed by atoms with E-state index in [0.29, 0.717) is 25.9 Å². The van der Waals surface area contributed by atoms with Crippen LogP contribution in [0.4, 0.5) is 0 Å². The van der Waals surface area contributed by atoms with Gasteiger partial charge in [0.15, 0.2) is 0 Å². The molecule has 0 saturated carbocycles. The van der Waals surface area contributed by atoms with Crippen molar-refractivity contribution in [3.63, 3.8) is 0 Å². The van der Waals surface area contributed by atoms with Gasteiger partial charge in [-0.15, -0.1) is 0 Å². The molecule has 0 aliphatic heterocycles. The molecule has 0 aromatic heterocycles. The summed E-state index contributed by atoms with van der Waals surface area (Å²) in [5.41, 5.74) is 0. The molecule has 0 radical (unpaired) electrons. The van der Waals surface area contributed by atoms with Gasteiger partial charge in [0.25, 0.3) is 0 Å². The van der Waals surface area contributed by atoms with E-state index >= 15 is 0 Å². The van der Waals surface area contributed by atoms with E-state index in [4.69, 9.17) is 4.74 Å². The van der Waals surface area contributed by atoms with Crippen LogP contribution in [0.15, 0.2) is 24.3 Å². The normalized spacial score (nSPS) is 12.7. The largest absolute Gasteiger partial charge is 0.466 e. The molecular weight excluding hydrogens is 899 g/mol. The first-order valence-corrected chi connectivity index (χ1v) is 33.1. The van der Waals surface area contributed by atoms with Gasteiger partial charge in [-0.05, 0) is 57.8 Å². The number of aliphatic hydroxyl groups is 2. The molecule has 3 N–H and O–H groups in total. The number of nitrogens with one attached hydrogen (secondary N) is 1. The minimum absolute atomic E-state index is 0.00256. The Morgan fingerprint density at radius 2 is 0.685 bits per heavy atom. The van der Waals surface area contributed by atoms with Crippen molar-refractivity contribution in [1.29, 1.82) is 0 Å². The molecule has 0 aromatic rings. The molecule has 2 unspecified atom stereocenters. The van der Waals surface area contributed by atoms with Crippen LogP contribution in [0.5, 0.6) is 0 Å². The van der Waals surface area contributed by atoms with Crippen molar-refractivity contribution >= 4 is 11.9 Å². The molecule has 0 heterocycles. The fraction of sp³-hybridized carbons (Fsp3) is 0.910. The number of carbonyl (C=O) groups excluding carboxylic acids is 2. The van der Waals surface area contributed by atoms with Crippen LogP contribution in [0.25, 0.3) is 0 Å². The molecule has 2 atom stereocenters. The summed E-state index contributed by atoms with van der Waals surface area (Å²) >= 11 is 0. The highest BCUT2D eigenvalue weighted by molar-refractivity contribution is 5.76. The van der Waals surface area contributed by atoms with E-state index in [1.54, 1.807) is 0 Å². The first-order chi connectivity index (χ1) is 36.0. The standard InChI is InChI=1S/C67H129NO5/c1-3-5-7-9-11-13-15-17-19-20-21-22-25-28-32-35-39-43-47-51-55-59-65(70)64(63-69)68-66(71)60-56-52-48-44-40-36-33-29-26-23-24-27-30-34-38-42-46-50-54-58-62-73-67(72)61-57-53-49-45-41-37-31-18-16-14-12-10-8-6-4-2/h12,14,18,31,64-65,69-70H,3-11,13,15-17,19-30,32-63H2,1-2H3,(H,68,71)/b14-12-,31-18-. The summed E-state index contributed by atoms with van der Waals surface area (Å²) in [7, 11) is 0. The monoisotopic (exact) mass is 1030 g/mol. The van der Waals surface area contributed by atoms with Crippen LogP contribution in [0.3, 0.4) is 0 Å². The van der Waals surface area contributed by atoms with Crippen molar-refractivity contribution in [2.24, 2.45) is 0 Å². The van der Waals surface area contributed by atoms with Crippen molar-refractivity contribution in [3.05, 3.63) is 24.3 Å². The van der Waals surface area contributed by atoms with E-state index in [1.165, 1.54) is 283 Å². The highest BCUT2D eigenvalue weighted by Gasteiger charge is 2.20. The van der Waals surface area contributed by atoms with E-state index in [2.05, 4.69) is 43.5 Å². The number of hydrogen-bond donors (Lipinski definition) is 3. The van der Waals surface area contributed by atoms with Crippen molar-refractivity contribution < 1.29 is 24.5 Å². The van der Waals surface area contributed by atoms with Crippen molar-refractivity contribution in [2.45, 2.75) is 379 Å². The molecule has 0 bridgehead atoms. The molecule has 6 nitrogen and oxygen atoms in total. The Hall–Kier alpha value is -1.66. The Bertz CT molecular complexity index is 1140. The summed E-state index contributed by atoms with van der Waals surface area (Å²) in [6.07, 6.45) is 77.7. The average Bonchev–Trinajstić information content (AvgIpc) is 3.39. The molecule has 0 aliphatic carbocycles. The quantitative estimate of drug-likeness (QED) is 0.0320. The van der Waals surface area contributed by atoms with E-state index in [9.17, 15) is 19.8 Å². The Balaban J connectivity index is 3.40. The average molecular weight is 1030 g/mol. The summed E-state index contributed by atoms with van der Waals surface area (Å²) in [5, 5.41) is 23.4. The van der Waals surface area contributed by atoms with Gasteiger partial charge in [0.1, 0.15) is 0 Å². The lowest BCUT2D eigenvalue weighted by molar-refractivity contribution is -0.143. The number of unbranched alkanes of at least 4 members (excludes halogenated alkanes) is 47. The van der Waals surface area contributed by atoms with Gasteiger partial charge in [0.2, 0.25) is 5.91 Å². The summed E-state index contributed by atoms with van der Waals surface area (Å²) in [5.74, 6) is -0.0358. The van der Waals surface area contributed by atoms with E-state index < -0.39 is 12.1 Å². The topological polar surface area (TPSA) is 95.9 Å². The van der Waals surface area contributed by atoms with E-state index in [-0.39, 0.29) is 18.5 Å². The van der Waals surface area contributed by atoms with Crippen LogP contribution in [-0.2, 0) is 14.3 Å². The molecule has 0 rings (SSSR count). The maximum atomic E-state index is 12.5. The predicted octanol–water partition coefficient (Wildman–Crippen LogP) is 21.0. The highest BCUT2D eigenvalue weighted by atomic mass is 16.5. The summed E-state index contributed by atoms with van der Waals surface area (Å²) in [6, 6.07) is -0.544. The number of allylic oxidation sites excluding steroid dienone is 4. The van der Waals surface area contributed by atoms with Crippen LogP contribution in [0.1, 0.15) is 367 Å².